The lowest BCUT2D eigenvalue weighted by Crippen LogP contribution is -2.30. The van der Waals surface area contributed by atoms with Crippen LogP contribution in [0.2, 0.25) is 0 Å². The number of anilines is 2. The van der Waals surface area contributed by atoms with Gasteiger partial charge in [-0.25, -0.2) is 4.98 Å². The van der Waals surface area contributed by atoms with Crippen molar-refractivity contribution >= 4 is 28.2 Å². The molecule has 2 aromatic heterocycles. The number of nitrogens with one attached hydrogen (secondary N) is 1. The minimum atomic E-state index is -0.199. The lowest BCUT2D eigenvalue weighted by Gasteiger charge is -2.16. The van der Waals surface area contributed by atoms with E-state index in [0.29, 0.717) is 16.5 Å². The van der Waals surface area contributed by atoms with E-state index in [1.165, 1.54) is 17.5 Å². The van der Waals surface area contributed by atoms with E-state index in [4.69, 9.17) is 5.26 Å². The van der Waals surface area contributed by atoms with E-state index < -0.39 is 0 Å². The Hall–Kier alpha value is -2.53. The molecule has 0 atom stereocenters. The third-order valence-corrected chi connectivity index (χ3v) is 3.18. The van der Waals surface area contributed by atoms with Crippen molar-refractivity contribution in [3.05, 3.63) is 28.9 Å². The number of amides is 1. The Labute approximate surface area is 119 Å². The quantitative estimate of drug-likeness (QED) is 0.908. The Morgan fingerprint density at radius 2 is 2.30 bits per heavy atom. The van der Waals surface area contributed by atoms with Gasteiger partial charge in [-0.3, -0.25) is 10.1 Å². The summed E-state index contributed by atoms with van der Waals surface area (Å²) in [5, 5.41) is 20.3. The number of carbonyl (C=O) groups is 1. The van der Waals surface area contributed by atoms with Gasteiger partial charge in [0.1, 0.15) is 16.9 Å². The minimum absolute atomic E-state index is 0.136. The van der Waals surface area contributed by atoms with Crippen molar-refractivity contribution in [2.75, 3.05) is 23.8 Å². The Morgan fingerprint density at radius 1 is 1.50 bits per heavy atom. The summed E-state index contributed by atoms with van der Waals surface area (Å²) in [7, 11) is 1.75. The van der Waals surface area contributed by atoms with E-state index in [1.807, 2.05) is 13.0 Å². The summed E-state index contributed by atoms with van der Waals surface area (Å²) >= 11 is 1.32. The highest BCUT2D eigenvalue weighted by molar-refractivity contribution is 7.15. The second-order valence-corrected chi connectivity index (χ2v) is 5.23. The Kier molecular flexibility index (Phi) is 4.22. The Morgan fingerprint density at radius 3 is 2.85 bits per heavy atom. The smallest absolute Gasteiger partial charge is 0.245 e. The number of nitriles is 1. The first-order valence-corrected chi connectivity index (χ1v) is 6.57. The average molecular weight is 288 g/mol. The van der Waals surface area contributed by atoms with Crippen molar-refractivity contribution in [1.29, 1.82) is 5.26 Å². The van der Waals surface area contributed by atoms with Gasteiger partial charge in [0, 0.05) is 13.2 Å². The second kappa shape index (κ2) is 6.08. The molecule has 2 aromatic rings. The fourth-order valence-electron chi connectivity index (χ4n) is 1.48. The van der Waals surface area contributed by atoms with Gasteiger partial charge in [0.2, 0.25) is 11.0 Å². The van der Waals surface area contributed by atoms with Crippen LogP contribution < -0.4 is 10.2 Å². The number of nitrogens with zero attached hydrogens (tertiary/aromatic N) is 5. The predicted octanol–water partition coefficient (Wildman–Crippen LogP) is 1.19. The molecule has 1 N–H and O–H groups in total. The molecule has 0 aliphatic heterocycles. The highest BCUT2D eigenvalue weighted by Crippen LogP contribution is 2.14. The first kappa shape index (κ1) is 13.9. The van der Waals surface area contributed by atoms with Crippen LogP contribution in [-0.2, 0) is 4.79 Å². The van der Waals surface area contributed by atoms with Gasteiger partial charge in [-0.2, -0.15) is 5.26 Å². The zero-order valence-electron chi connectivity index (χ0n) is 11.0. The molecule has 0 saturated heterocycles. The Balaban J connectivity index is 1.94. The normalized spacial score (nSPS) is 9.85. The van der Waals surface area contributed by atoms with E-state index in [0.717, 1.165) is 5.01 Å². The zero-order chi connectivity index (χ0) is 14.5. The maximum absolute atomic E-state index is 11.8. The van der Waals surface area contributed by atoms with Crippen LogP contribution in [0.15, 0.2) is 18.3 Å². The molecule has 0 aromatic carbocycles. The number of aromatic nitrogens is 3. The highest BCUT2D eigenvalue weighted by Gasteiger charge is 2.10. The first-order valence-electron chi connectivity index (χ1n) is 5.75. The number of hydrogen-bond donors (Lipinski definition) is 1. The average Bonchev–Trinajstić information content (AvgIpc) is 2.84. The predicted molar refractivity (Wildman–Crippen MR) is 75.5 cm³/mol. The van der Waals surface area contributed by atoms with Gasteiger partial charge < -0.3 is 4.90 Å². The van der Waals surface area contributed by atoms with Gasteiger partial charge in [-0.05, 0) is 19.1 Å². The van der Waals surface area contributed by atoms with Crippen LogP contribution >= 0.6 is 11.3 Å². The van der Waals surface area contributed by atoms with Crippen LogP contribution in [0.3, 0.4) is 0 Å². The number of likely N-dealkylation sites (N-methyl/N-ethyl adjacent to an activating group) is 1. The largest absolute Gasteiger partial charge is 0.350 e. The van der Waals surface area contributed by atoms with E-state index in [2.05, 4.69) is 20.5 Å². The highest BCUT2D eigenvalue weighted by atomic mass is 32.1. The van der Waals surface area contributed by atoms with Crippen molar-refractivity contribution in [3.8, 4) is 6.07 Å². The van der Waals surface area contributed by atoms with Gasteiger partial charge in [0.25, 0.3) is 0 Å². The zero-order valence-corrected chi connectivity index (χ0v) is 11.8. The van der Waals surface area contributed by atoms with E-state index >= 15 is 0 Å². The number of pyridine rings is 1. The fraction of sp³-hybridized carbons (Fsp3) is 0.250. The third-order valence-electron chi connectivity index (χ3n) is 2.42. The summed E-state index contributed by atoms with van der Waals surface area (Å²) in [6, 6.07) is 5.35. The SMILES string of the molecule is Cc1nnc(NC(=O)CN(C)c2ccc(C#N)cn2)s1. The molecule has 8 heteroatoms. The van der Waals surface area contributed by atoms with Crippen molar-refractivity contribution in [2.45, 2.75) is 6.92 Å². The lowest BCUT2D eigenvalue weighted by atomic mass is 10.3. The monoisotopic (exact) mass is 288 g/mol. The molecule has 0 fully saturated rings. The maximum Gasteiger partial charge on any atom is 0.245 e. The third kappa shape index (κ3) is 3.49. The van der Waals surface area contributed by atoms with E-state index in [1.54, 1.807) is 24.1 Å². The summed E-state index contributed by atoms with van der Waals surface area (Å²) in [6.07, 6.45) is 1.47. The molecule has 0 radical (unpaired) electrons. The number of aryl methyl sites for hydroxylation is 1. The fourth-order valence-corrected chi connectivity index (χ4v) is 2.09. The van der Waals surface area contributed by atoms with Gasteiger partial charge >= 0.3 is 0 Å². The van der Waals surface area contributed by atoms with Crippen LogP contribution in [0.25, 0.3) is 0 Å². The molecule has 2 heterocycles. The second-order valence-electron chi connectivity index (χ2n) is 4.05. The molecular formula is C12H12N6OS. The van der Waals surface area contributed by atoms with Crippen molar-refractivity contribution in [2.24, 2.45) is 0 Å². The van der Waals surface area contributed by atoms with E-state index in [9.17, 15) is 4.79 Å². The maximum atomic E-state index is 11.8. The molecule has 102 valence electrons. The van der Waals surface area contributed by atoms with Crippen molar-refractivity contribution < 1.29 is 4.79 Å². The molecule has 0 saturated carbocycles. The number of carbonyl (C=O) groups excluding carboxylic acids is 1. The molecule has 0 unspecified atom stereocenters. The summed E-state index contributed by atoms with van der Waals surface area (Å²) in [5.74, 6) is 0.419. The molecular weight excluding hydrogens is 276 g/mol. The molecule has 20 heavy (non-hydrogen) atoms. The minimum Gasteiger partial charge on any atom is -0.350 e. The van der Waals surface area contributed by atoms with Crippen molar-refractivity contribution in [1.82, 2.24) is 15.2 Å². The molecule has 2 rings (SSSR count). The van der Waals surface area contributed by atoms with Gasteiger partial charge in [0.15, 0.2) is 0 Å². The molecule has 0 spiro atoms. The van der Waals surface area contributed by atoms with Crippen molar-refractivity contribution in [3.63, 3.8) is 0 Å². The van der Waals surface area contributed by atoms with Crippen LogP contribution in [0.5, 0.6) is 0 Å². The summed E-state index contributed by atoms with van der Waals surface area (Å²) < 4.78 is 0. The molecule has 0 aliphatic carbocycles. The number of hydrogen-bond acceptors (Lipinski definition) is 7. The van der Waals surface area contributed by atoms with Crippen LogP contribution in [-0.4, -0.2) is 34.7 Å². The van der Waals surface area contributed by atoms with Crippen LogP contribution in [0.1, 0.15) is 10.6 Å². The molecule has 7 nitrogen and oxygen atoms in total. The standard InChI is InChI=1S/C12H12N6OS/c1-8-16-17-12(20-8)15-11(19)7-18(2)10-4-3-9(5-13)6-14-10/h3-4,6H,7H2,1-2H3,(H,15,17,19). The van der Waals surface area contributed by atoms with Crippen LogP contribution in [0, 0.1) is 18.3 Å². The van der Waals surface area contributed by atoms with Gasteiger partial charge in [-0.1, -0.05) is 11.3 Å². The molecule has 0 bridgehead atoms. The molecule has 0 aliphatic rings. The lowest BCUT2D eigenvalue weighted by molar-refractivity contribution is -0.114. The van der Waals surface area contributed by atoms with Crippen LogP contribution in [0.4, 0.5) is 10.9 Å². The topological polar surface area (TPSA) is 94.8 Å². The summed E-state index contributed by atoms with van der Waals surface area (Å²) in [4.78, 5) is 17.6. The summed E-state index contributed by atoms with van der Waals surface area (Å²) in [6.45, 7) is 1.96. The summed E-state index contributed by atoms with van der Waals surface area (Å²) in [5.41, 5.74) is 0.482. The molecule has 1 amide bonds. The number of rotatable bonds is 4. The first-order chi connectivity index (χ1) is 9.58. The Bertz CT molecular complexity index is 645. The van der Waals surface area contributed by atoms with E-state index in [-0.39, 0.29) is 12.5 Å². The van der Waals surface area contributed by atoms with Gasteiger partial charge in [-0.15, -0.1) is 10.2 Å². The van der Waals surface area contributed by atoms with Gasteiger partial charge in [0.05, 0.1) is 12.1 Å².